The molecule has 0 amide bonds. The van der Waals surface area contributed by atoms with Crippen LogP contribution in [0.3, 0.4) is 0 Å². The Labute approximate surface area is 95.4 Å². The Morgan fingerprint density at radius 3 is 2.31 bits per heavy atom. The lowest BCUT2D eigenvalue weighted by Crippen LogP contribution is -2.34. The summed E-state index contributed by atoms with van der Waals surface area (Å²) in [5.74, 6) is 0.0915. The number of hydrogen-bond donors (Lipinski definition) is 3. The molecule has 0 bridgehead atoms. The highest BCUT2D eigenvalue weighted by Crippen LogP contribution is 2.03. The standard InChI is InChI=1S/C11H16BNO3/c1-8(14)11(13-2)7-9-3-5-10(6-4-9)12(15)16/h3-6,11,13,15-16H,7H2,1-2H3. The first-order valence-corrected chi connectivity index (χ1v) is 5.17. The van der Waals surface area contributed by atoms with Crippen LogP contribution in [0.4, 0.5) is 0 Å². The fourth-order valence-electron chi connectivity index (χ4n) is 1.51. The lowest BCUT2D eigenvalue weighted by Gasteiger charge is -2.12. The van der Waals surface area contributed by atoms with E-state index in [-0.39, 0.29) is 11.8 Å². The average Bonchev–Trinajstić information content (AvgIpc) is 2.26. The Morgan fingerprint density at radius 2 is 1.94 bits per heavy atom. The summed E-state index contributed by atoms with van der Waals surface area (Å²) in [5.41, 5.74) is 1.44. The SMILES string of the molecule is CNC(Cc1ccc(B(O)O)cc1)C(C)=O. The van der Waals surface area contributed by atoms with Crippen molar-refractivity contribution in [2.75, 3.05) is 7.05 Å². The molecule has 0 radical (unpaired) electrons. The largest absolute Gasteiger partial charge is 0.488 e. The molecule has 4 nitrogen and oxygen atoms in total. The number of benzene rings is 1. The van der Waals surface area contributed by atoms with Crippen LogP contribution in [0, 0.1) is 0 Å². The molecular weight excluding hydrogens is 205 g/mol. The van der Waals surface area contributed by atoms with Crippen molar-refractivity contribution in [3.63, 3.8) is 0 Å². The molecule has 1 atom stereocenters. The van der Waals surface area contributed by atoms with Crippen molar-refractivity contribution < 1.29 is 14.8 Å². The molecule has 5 heteroatoms. The second-order valence-corrected chi connectivity index (χ2v) is 3.77. The van der Waals surface area contributed by atoms with Crippen molar-refractivity contribution in [2.24, 2.45) is 0 Å². The molecule has 3 N–H and O–H groups in total. The molecule has 0 aliphatic rings. The van der Waals surface area contributed by atoms with E-state index >= 15 is 0 Å². The first-order chi connectivity index (χ1) is 7.54. The molecule has 1 aromatic carbocycles. The van der Waals surface area contributed by atoms with Crippen LogP contribution in [-0.4, -0.2) is 36.0 Å². The van der Waals surface area contributed by atoms with E-state index in [4.69, 9.17) is 10.0 Å². The van der Waals surface area contributed by atoms with E-state index in [2.05, 4.69) is 5.32 Å². The van der Waals surface area contributed by atoms with Gasteiger partial charge in [-0.3, -0.25) is 4.79 Å². The van der Waals surface area contributed by atoms with Gasteiger partial charge in [0.25, 0.3) is 0 Å². The third-order valence-electron chi connectivity index (χ3n) is 2.56. The zero-order chi connectivity index (χ0) is 12.1. The minimum Gasteiger partial charge on any atom is -0.423 e. The van der Waals surface area contributed by atoms with Crippen LogP contribution in [0.5, 0.6) is 0 Å². The summed E-state index contributed by atoms with van der Waals surface area (Å²) in [6, 6.07) is 6.69. The smallest absolute Gasteiger partial charge is 0.423 e. The van der Waals surface area contributed by atoms with E-state index in [0.29, 0.717) is 11.9 Å². The summed E-state index contributed by atoms with van der Waals surface area (Å²) in [6.45, 7) is 1.55. The van der Waals surface area contributed by atoms with E-state index in [1.54, 1.807) is 38.2 Å². The highest BCUT2D eigenvalue weighted by molar-refractivity contribution is 6.58. The Kier molecular flexibility index (Phi) is 4.67. The molecule has 1 unspecified atom stereocenters. The van der Waals surface area contributed by atoms with Gasteiger partial charge in [-0.1, -0.05) is 24.3 Å². The van der Waals surface area contributed by atoms with Crippen LogP contribution >= 0.6 is 0 Å². The Morgan fingerprint density at radius 1 is 1.38 bits per heavy atom. The molecule has 1 aromatic rings. The number of carbonyl (C=O) groups is 1. The quantitative estimate of drug-likeness (QED) is 0.563. The van der Waals surface area contributed by atoms with Crippen LogP contribution < -0.4 is 10.8 Å². The van der Waals surface area contributed by atoms with Gasteiger partial charge in [0.15, 0.2) is 0 Å². The first-order valence-electron chi connectivity index (χ1n) is 5.17. The predicted octanol–water partition coefficient (Wildman–Crippen LogP) is -0.914. The van der Waals surface area contributed by atoms with Crippen molar-refractivity contribution in [2.45, 2.75) is 19.4 Å². The third-order valence-corrected chi connectivity index (χ3v) is 2.56. The number of hydrogen-bond acceptors (Lipinski definition) is 4. The molecule has 0 aliphatic carbocycles. The molecular formula is C11H16BNO3. The molecule has 16 heavy (non-hydrogen) atoms. The number of nitrogens with one attached hydrogen (secondary N) is 1. The van der Waals surface area contributed by atoms with Gasteiger partial charge in [-0.05, 0) is 31.4 Å². The van der Waals surface area contributed by atoms with E-state index in [1.165, 1.54) is 0 Å². The Balaban J connectivity index is 2.71. The summed E-state index contributed by atoms with van der Waals surface area (Å²) in [7, 11) is 0.305. The number of carbonyl (C=O) groups excluding carboxylic acids is 1. The Hall–Kier alpha value is -1.17. The van der Waals surface area contributed by atoms with Crippen molar-refractivity contribution in [3.05, 3.63) is 29.8 Å². The van der Waals surface area contributed by atoms with E-state index in [0.717, 1.165) is 5.56 Å². The van der Waals surface area contributed by atoms with Gasteiger partial charge < -0.3 is 15.4 Å². The van der Waals surface area contributed by atoms with Gasteiger partial charge >= 0.3 is 7.12 Å². The van der Waals surface area contributed by atoms with Crippen LogP contribution in [0.25, 0.3) is 0 Å². The summed E-state index contributed by atoms with van der Waals surface area (Å²) in [5, 5.41) is 20.8. The van der Waals surface area contributed by atoms with Crippen LogP contribution in [0.1, 0.15) is 12.5 Å². The average molecular weight is 221 g/mol. The molecule has 0 saturated carbocycles. The molecule has 0 saturated heterocycles. The van der Waals surface area contributed by atoms with Gasteiger partial charge in [-0.25, -0.2) is 0 Å². The molecule has 0 aromatic heterocycles. The topological polar surface area (TPSA) is 69.6 Å². The number of rotatable bonds is 5. The fourth-order valence-corrected chi connectivity index (χ4v) is 1.51. The Bertz CT molecular complexity index is 351. The third kappa shape index (κ3) is 3.45. The van der Waals surface area contributed by atoms with Gasteiger partial charge in [-0.15, -0.1) is 0 Å². The summed E-state index contributed by atoms with van der Waals surface area (Å²) in [6.07, 6.45) is 0.605. The summed E-state index contributed by atoms with van der Waals surface area (Å²) in [4.78, 5) is 11.2. The highest BCUT2D eigenvalue weighted by Gasteiger charge is 2.13. The monoisotopic (exact) mass is 221 g/mol. The van der Waals surface area contributed by atoms with Gasteiger partial charge in [-0.2, -0.15) is 0 Å². The summed E-state index contributed by atoms with van der Waals surface area (Å²) >= 11 is 0. The van der Waals surface area contributed by atoms with Crippen molar-refractivity contribution in [3.8, 4) is 0 Å². The number of Topliss-reactive ketones (excluding diaryl/α,β-unsaturated/α-hetero) is 1. The molecule has 1 rings (SSSR count). The fraction of sp³-hybridized carbons (Fsp3) is 0.364. The van der Waals surface area contributed by atoms with Crippen LogP contribution in [0.15, 0.2) is 24.3 Å². The molecule has 0 aliphatic heterocycles. The summed E-state index contributed by atoms with van der Waals surface area (Å²) < 4.78 is 0. The highest BCUT2D eigenvalue weighted by atomic mass is 16.4. The molecule has 0 heterocycles. The minimum atomic E-state index is -1.44. The van der Waals surface area contributed by atoms with Crippen LogP contribution in [-0.2, 0) is 11.2 Å². The number of likely N-dealkylation sites (N-methyl/N-ethyl adjacent to an activating group) is 1. The normalized spacial score (nSPS) is 12.2. The molecule has 86 valence electrons. The van der Waals surface area contributed by atoms with Gasteiger partial charge in [0.1, 0.15) is 5.78 Å². The second kappa shape index (κ2) is 5.79. The maximum absolute atomic E-state index is 11.2. The zero-order valence-corrected chi connectivity index (χ0v) is 9.47. The zero-order valence-electron chi connectivity index (χ0n) is 9.47. The minimum absolute atomic E-state index is 0.0915. The number of ketones is 1. The van der Waals surface area contributed by atoms with E-state index in [9.17, 15) is 4.79 Å². The molecule has 0 fully saturated rings. The predicted molar refractivity (Wildman–Crippen MR) is 63.5 cm³/mol. The van der Waals surface area contributed by atoms with E-state index in [1.807, 2.05) is 0 Å². The lowest BCUT2D eigenvalue weighted by molar-refractivity contribution is -0.118. The second-order valence-electron chi connectivity index (χ2n) is 3.77. The van der Waals surface area contributed by atoms with Crippen molar-refractivity contribution >= 4 is 18.4 Å². The van der Waals surface area contributed by atoms with Crippen molar-refractivity contribution in [1.82, 2.24) is 5.32 Å². The van der Waals surface area contributed by atoms with Crippen LogP contribution in [0.2, 0.25) is 0 Å². The van der Waals surface area contributed by atoms with Crippen molar-refractivity contribution in [1.29, 1.82) is 0 Å². The lowest BCUT2D eigenvalue weighted by atomic mass is 9.80. The maximum atomic E-state index is 11.2. The van der Waals surface area contributed by atoms with Gasteiger partial charge in [0, 0.05) is 0 Å². The van der Waals surface area contributed by atoms with Gasteiger partial charge in [0.2, 0.25) is 0 Å². The van der Waals surface area contributed by atoms with Gasteiger partial charge in [0.05, 0.1) is 6.04 Å². The first kappa shape index (κ1) is 12.9. The van der Waals surface area contributed by atoms with E-state index < -0.39 is 7.12 Å². The molecule has 0 spiro atoms. The maximum Gasteiger partial charge on any atom is 0.488 e.